The fourth-order valence-corrected chi connectivity index (χ4v) is 1.84. The summed E-state index contributed by atoms with van der Waals surface area (Å²) in [5.41, 5.74) is 8.37. The number of pyridine rings is 1. The zero-order valence-electron chi connectivity index (χ0n) is 10.4. The van der Waals surface area contributed by atoms with Crippen molar-refractivity contribution in [2.75, 3.05) is 5.73 Å². The molecule has 0 aliphatic carbocycles. The first-order chi connectivity index (χ1) is 8.66. The molecule has 1 aromatic heterocycles. The largest absolute Gasteiger partial charge is 0.383 e. The summed E-state index contributed by atoms with van der Waals surface area (Å²) in [5.74, 6) is 0.367. The lowest BCUT2D eigenvalue weighted by molar-refractivity contribution is 0.0983. The van der Waals surface area contributed by atoms with Crippen LogP contribution < -0.4 is 5.73 Å². The van der Waals surface area contributed by atoms with E-state index in [0.29, 0.717) is 17.8 Å². The number of aromatic nitrogens is 1. The first kappa shape index (κ1) is 12.3. The minimum absolute atomic E-state index is 0.0487. The summed E-state index contributed by atoms with van der Waals surface area (Å²) in [6.45, 7) is 1.90. The van der Waals surface area contributed by atoms with E-state index < -0.39 is 0 Å². The zero-order valence-corrected chi connectivity index (χ0v) is 10.4. The number of hydrogen-bond acceptors (Lipinski definition) is 3. The molecule has 3 heteroatoms. The van der Waals surface area contributed by atoms with Gasteiger partial charge >= 0.3 is 0 Å². The molecule has 2 aromatic rings. The molecule has 0 unspecified atom stereocenters. The van der Waals surface area contributed by atoms with Gasteiger partial charge in [-0.1, -0.05) is 30.3 Å². The van der Waals surface area contributed by atoms with E-state index in [2.05, 4.69) is 4.98 Å². The maximum Gasteiger partial charge on any atom is 0.166 e. The van der Waals surface area contributed by atoms with Crippen LogP contribution in [0.3, 0.4) is 0 Å². The van der Waals surface area contributed by atoms with E-state index >= 15 is 0 Å². The van der Waals surface area contributed by atoms with Crippen molar-refractivity contribution in [1.82, 2.24) is 4.98 Å². The number of benzene rings is 1. The third kappa shape index (κ3) is 2.94. The van der Waals surface area contributed by atoms with Crippen LogP contribution in [0.2, 0.25) is 0 Å². The highest BCUT2D eigenvalue weighted by Crippen LogP contribution is 2.14. The smallest absolute Gasteiger partial charge is 0.166 e. The second-order valence-corrected chi connectivity index (χ2v) is 4.35. The molecule has 1 heterocycles. The minimum Gasteiger partial charge on any atom is -0.383 e. The monoisotopic (exact) mass is 240 g/mol. The molecular weight excluding hydrogens is 224 g/mol. The van der Waals surface area contributed by atoms with Crippen molar-refractivity contribution in [2.24, 2.45) is 0 Å². The number of carbonyl (C=O) groups is 1. The molecule has 0 atom stereocenters. The van der Waals surface area contributed by atoms with Gasteiger partial charge in [-0.2, -0.15) is 0 Å². The van der Waals surface area contributed by atoms with Gasteiger partial charge in [-0.25, -0.2) is 4.98 Å². The molecule has 2 N–H and O–H groups in total. The van der Waals surface area contributed by atoms with Gasteiger partial charge in [0.15, 0.2) is 5.78 Å². The Morgan fingerprint density at radius 2 is 2.00 bits per heavy atom. The quantitative estimate of drug-likeness (QED) is 0.836. The molecule has 0 bridgehead atoms. The Morgan fingerprint density at radius 3 is 2.72 bits per heavy atom. The van der Waals surface area contributed by atoms with E-state index in [0.717, 1.165) is 17.5 Å². The van der Waals surface area contributed by atoms with Gasteiger partial charge in [-0.05, 0) is 30.5 Å². The highest BCUT2D eigenvalue weighted by Gasteiger charge is 2.11. The Labute approximate surface area is 107 Å². The summed E-state index contributed by atoms with van der Waals surface area (Å²) in [7, 11) is 0. The van der Waals surface area contributed by atoms with Crippen LogP contribution >= 0.6 is 0 Å². The number of ketones is 1. The SMILES string of the molecule is Cc1cnc(N)c(C(=O)CCc2ccccc2)c1. The number of carbonyl (C=O) groups excluding carboxylic acids is 1. The lowest BCUT2D eigenvalue weighted by Crippen LogP contribution is -2.07. The van der Waals surface area contributed by atoms with E-state index in [1.54, 1.807) is 12.3 Å². The highest BCUT2D eigenvalue weighted by molar-refractivity contribution is 6.00. The molecule has 3 nitrogen and oxygen atoms in total. The first-order valence-electron chi connectivity index (χ1n) is 5.96. The van der Waals surface area contributed by atoms with Crippen molar-refractivity contribution in [3.8, 4) is 0 Å². The van der Waals surface area contributed by atoms with Crippen LogP contribution in [0.25, 0.3) is 0 Å². The van der Waals surface area contributed by atoms with E-state index in [-0.39, 0.29) is 5.78 Å². The van der Waals surface area contributed by atoms with Crippen LogP contribution in [0.1, 0.15) is 27.9 Å². The summed E-state index contributed by atoms with van der Waals surface area (Å²) in [5, 5.41) is 0. The van der Waals surface area contributed by atoms with Crippen molar-refractivity contribution < 1.29 is 4.79 Å². The Hall–Kier alpha value is -2.16. The maximum absolute atomic E-state index is 12.1. The van der Waals surface area contributed by atoms with Gasteiger partial charge in [0.1, 0.15) is 5.82 Å². The zero-order chi connectivity index (χ0) is 13.0. The van der Waals surface area contributed by atoms with Crippen molar-refractivity contribution in [1.29, 1.82) is 0 Å². The second kappa shape index (κ2) is 5.45. The lowest BCUT2D eigenvalue weighted by Gasteiger charge is -2.05. The Kier molecular flexibility index (Phi) is 3.72. The molecule has 0 aliphatic rings. The van der Waals surface area contributed by atoms with Crippen LogP contribution in [-0.2, 0) is 6.42 Å². The summed E-state index contributed by atoms with van der Waals surface area (Å²) in [6, 6.07) is 11.8. The van der Waals surface area contributed by atoms with Gasteiger partial charge in [0.2, 0.25) is 0 Å². The second-order valence-electron chi connectivity index (χ2n) is 4.35. The summed E-state index contributed by atoms with van der Waals surface area (Å²) >= 11 is 0. The number of hydrogen-bond donors (Lipinski definition) is 1. The van der Waals surface area contributed by atoms with Crippen molar-refractivity contribution >= 4 is 11.6 Å². The van der Waals surface area contributed by atoms with E-state index in [4.69, 9.17) is 5.73 Å². The number of Topliss-reactive ketones (excluding diaryl/α,β-unsaturated/α-hetero) is 1. The minimum atomic E-state index is 0.0487. The number of nitrogens with zero attached hydrogens (tertiary/aromatic N) is 1. The van der Waals surface area contributed by atoms with Gasteiger partial charge in [-0.3, -0.25) is 4.79 Å². The predicted octanol–water partition coefficient (Wildman–Crippen LogP) is 2.79. The molecule has 18 heavy (non-hydrogen) atoms. The molecule has 0 radical (unpaired) electrons. The van der Waals surface area contributed by atoms with Gasteiger partial charge in [-0.15, -0.1) is 0 Å². The molecule has 92 valence electrons. The van der Waals surface area contributed by atoms with Gasteiger partial charge in [0, 0.05) is 12.6 Å². The van der Waals surface area contributed by atoms with Crippen LogP contribution in [0.4, 0.5) is 5.82 Å². The average molecular weight is 240 g/mol. The molecule has 0 spiro atoms. The third-order valence-electron chi connectivity index (χ3n) is 2.84. The van der Waals surface area contributed by atoms with E-state index in [1.165, 1.54) is 0 Å². The fraction of sp³-hybridized carbons (Fsp3) is 0.200. The van der Waals surface area contributed by atoms with Crippen LogP contribution in [0.15, 0.2) is 42.6 Å². The summed E-state index contributed by atoms with van der Waals surface area (Å²) < 4.78 is 0. The van der Waals surface area contributed by atoms with E-state index in [9.17, 15) is 4.79 Å². The summed E-state index contributed by atoms with van der Waals surface area (Å²) in [6.07, 6.45) is 2.86. The van der Waals surface area contributed by atoms with Crippen molar-refractivity contribution in [2.45, 2.75) is 19.8 Å². The van der Waals surface area contributed by atoms with Crippen LogP contribution in [0, 0.1) is 6.92 Å². The molecule has 0 aliphatic heterocycles. The molecular formula is C15H16N2O. The number of aryl methyl sites for hydroxylation is 2. The van der Waals surface area contributed by atoms with Crippen LogP contribution in [-0.4, -0.2) is 10.8 Å². The number of rotatable bonds is 4. The normalized spacial score (nSPS) is 10.3. The number of nitrogen functional groups attached to an aromatic ring is 1. The lowest BCUT2D eigenvalue weighted by atomic mass is 10.0. The fourth-order valence-electron chi connectivity index (χ4n) is 1.84. The average Bonchev–Trinajstić information content (AvgIpc) is 2.40. The highest BCUT2D eigenvalue weighted by atomic mass is 16.1. The van der Waals surface area contributed by atoms with Crippen molar-refractivity contribution in [3.05, 3.63) is 59.3 Å². The Bertz CT molecular complexity index is 550. The predicted molar refractivity (Wildman–Crippen MR) is 72.5 cm³/mol. The van der Waals surface area contributed by atoms with E-state index in [1.807, 2.05) is 37.3 Å². The molecule has 2 rings (SSSR count). The third-order valence-corrected chi connectivity index (χ3v) is 2.84. The maximum atomic E-state index is 12.1. The molecule has 0 saturated carbocycles. The molecule has 1 aromatic carbocycles. The van der Waals surface area contributed by atoms with Crippen LogP contribution in [0.5, 0.6) is 0 Å². The molecule has 0 fully saturated rings. The standard InChI is InChI=1S/C15H16N2O/c1-11-9-13(15(16)17-10-11)14(18)8-7-12-5-3-2-4-6-12/h2-6,9-10H,7-8H2,1H3,(H2,16,17). The first-order valence-corrected chi connectivity index (χ1v) is 5.96. The van der Waals surface area contributed by atoms with Gasteiger partial charge in [0.25, 0.3) is 0 Å². The Balaban J connectivity index is 2.06. The molecule has 0 saturated heterocycles. The summed E-state index contributed by atoms with van der Waals surface area (Å²) in [4.78, 5) is 16.1. The number of anilines is 1. The topological polar surface area (TPSA) is 56.0 Å². The van der Waals surface area contributed by atoms with Gasteiger partial charge < -0.3 is 5.73 Å². The Morgan fingerprint density at radius 1 is 1.28 bits per heavy atom. The van der Waals surface area contributed by atoms with Gasteiger partial charge in [0.05, 0.1) is 5.56 Å². The number of nitrogens with two attached hydrogens (primary N) is 1. The molecule has 0 amide bonds. The van der Waals surface area contributed by atoms with Crippen molar-refractivity contribution in [3.63, 3.8) is 0 Å².